The summed E-state index contributed by atoms with van der Waals surface area (Å²) in [6, 6.07) is 13.3. The molecule has 9 heteroatoms. The Bertz CT molecular complexity index is 1250. The van der Waals surface area contributed by atoms with E-state index in [-0.39, 0.29) is 21.3 Å². The molecule has 1 unspecified atom stereocenters. The molecule has 0 spiro atoms. The molecule has 0 aliphatic carbocycles. The second-order valence-corrected chi connectivity index (χ2v) is 10.6. The number of primary sulfonamides is 1. The van der Waals surface area contributed by atoms with Crippen molar-refractivity contribution in [3.8, 4) is 5.75 Å². The van der Waals surface area contributed by atoms with E-state index in [4.69, 9.17) is 9.88 Å². The highest BCUT2D eigenvalue weighted by Crippen LogP contribution is 2.37. The molecule has 5 nitrogen and oxygen atoms in total. The van der Waals surface area contributed by atoms with Gasteiger partial charge in [0.25, 0.3) is 0 Å². The lowest BCUT2D eigenvalue weighted by molar-refractivity contribution is 0.386. The number of thiophene rings is 1. The molecule has 1 atom stereocenters. The summed E-state index contributed by atoms with van der Waals surface area (Å²) >= 11 is 1.64. The number of ether oxygens (including phenoxy) is 1. The second kappa shape index (κ2) is 8.35. The molecule has 30 heavy (non-hydrogen) atoms. The summed E-state index contributed by atoms with van der Waals surface area (Å²) in [5.74, 6) is 0.542. The molecule has 156 valence electrons. The molecule has 0 saturated heterocycles. The highest BCUT2D eigenvalue weighted by Gasteiger charge is 2.20. The molecule has 4 rings (SSSR count). The number of nitrogens with one attached hydrogen (secondary N) is 1. The molecular formula is C21H19FN2O3S3. The summed E-state index contributed by atoms with van der Waals surface area (Å²) in [5, 5.41) is 11.5. The second-order valence-electron chi connectivity index (χ2n) is 6.63. The minimum Gasteiger partial charge on any atom is -0.494 e. The van der Waals surface area contributed by atoms with Crippen LogP contribution in [-0.2, 0) is 15.8 Å². The topological polar surface area (TPSA) is 81.4 Å². The smallest absolute Gasteiger partial charge is 0.238 e. The van der Waals surface area contributed by atoms with Crippen molar-refractivity contribution in [3.63, 3.8) is 0 Å². The third kappa shape index (κ3) is 4.34. The van der Waals surface area contributed by atoms with Crippen LogP contribution in [0.5, 0.6) is 5.75 Å². The molecule has 3 aromatic rings. The van der Waals surface area contributed by atoms with Crippen molar-refractivity contribution < 1.29 is 17.5 Å². The van der Waals surface area contributed by atoms with Gasteiger partial charge in [0.2, 0.25) is 10.0 Å². The number of methoxy groups -OCH3 is 1. The van der Waals surface area contributed by atoms with Gasteiger partial charge in [-0.15, -0.1) is 0 Å². The average molecular weight is 463 g/mol. The van der Waals surface area contributed by atoms with Crippen LogP contribution in [0.3, 0.4) is 0 Å². The maximum atomic E-state index is 14.4. The van der Waals surface area contributed by atoms with Crippen LogP contribution in [0.1, 0.15) is 16.7 Å². The average Bonchev–Trinajstić information content (AvgIpc) is 3.38. The Balaban J connectivity index is 1.76. The van der Waals surface area contributed by atoms with Crippen molar-refractivity contribution in [3.05, 3.63) is 81.8 Å². The third-order valence-electron chi connectivity index (χ3n) is 4.60. The molecule has 0 amide bonds. The van der Waals surface area contributed by atoms with Crippen molar-refractivity contribution in [2.24, 2.45) is 5.14 Å². The largest absolute Gasteiger partial charge is 0.494 e. The summed E-state index contributed by atoms with van der Waals surface area (Å²) in [4.78, 5) is 0.0483. The van der Waals surface area contributed by atoms with Gasteiger partial charge < -0.3 is 9.46 Å². The van der Waals surface area contributed by atoms with E-state index in [0.717, 1.165) is 22.6 Å². The van der Waals surface area contributed by atoms with Gasteiger partial charge >= 0.3 is 0 Å². The molecule has 0 saturated carbocycles. The van der Waals surface area contributed by atoms with Crippen molar-refractivity contribution in [1.29, 1.82) is 0 Å². The predicted molar refractivity (Wildman–Crippen MR) is 122 cm³/mol. The molecule has 1 aliphatic heterocycles. The van der Waals surface area contributed by atoms with Crippen LogP contribution in [-0.4, -0.2) is 20.9 Å². The van der Waals surface area contributed by atoms with E-state index in [9.17, 15) is 12.8 Å². The van der Waals surface area contributed by atoms with Gasteiger partial charge in [-0.3, -0.25) is 0 Å². The molecule has 2 heterocycles. The SMILES string of the molecule is COc1ccc(C2=C(c3ccc(S(N)(=O)=O)cc3)C=S(Cc3ccsc3)N2)cc1F. The zero-order valence-electron chi connectivity index (χ0n) is 16.0. The van der Waals surface area contributed by atoms with Gasteiger partial charge in [0.05, 0.1) is 17.7 Å². The quantitative estimate of drug-likeness (QED) is 0.538. The van der Waals surface area contributed by atoms with Crippen molar-refractivity contribution >= 4 is 48.7 Å². The first kappa shape index (κ1) is 20.8. The van der Waals surface area contributed by atoms with E-state index >= 15 is 0 Å². The predicted octanol–water partition coefficient (Wildman–Crippen LogP) is 4.20. The Morgan fingerprint density at radius 2 is 1.87 bits per heavy atom. The monoisotopic (exact) mass is 462 g/mol. The minimum absolute atomic E-state index is 0.0483. The Morgan fingerprint density at radius 3 is 2.47 bits per heavy atom. The fourth-order valence-corrected chi connectivity index (χ4v) is 6.19. The van der Waals surface area contributed by atoms with Gasteiger partial charge in [-0.25, -0.2) is 17.9 Å². The summed E-state index contributed by atoms with van der Waals surface area (Å²) in [7, 11) is -2.64. The maximum absolute atomic E-state index is 14.4. The van der Waals surface area contributed by atoms with Crippen LogP contribution in [0.2, 0.25) is 0 Å². The van der Waals surface area contributed by atoms with Crippen molar-refractivity contribution in [2.75, 3.05) is 7.11 Å². The lowest BCUT2D eigenvalue weighted by Gasteiger charge is -2.12. The van der Waals surface area contributed by atoms with Crippen molar-refractivity contribution in [1.82, 2.24) is 4.72 Å². The zero-order chi connectivity index (χ0) is 21.3. The summed E-state index contributed by atoms with van der Waals surface area (Å²) in [5.41, 5.74) is 4.41. The number of benzene rings is 2. The number of rotatable bonds is 6. The molecule has 0 radical (unpaired) electrons. The van der Waals surface area contributed by atoms with Crippen LogP contribution in [0.25, 0.3) is 11.3 Å². The van der Waals surface area contributed by atoms with Gasteiger partial charge in [0, 0.05) is 16.9 Å². The van der Waals surface area contributed by atoms with Crippen LogP contribution < -0.4 is 14.6 Å². The van der Waals surface area contributed by atoms with Gasteiger partial charge in [-0.2, -0.15) is 11.3 Å². The molecule has 1 aromatic heterocycles. The molecular weight excluding hydrogens is 443 g/mol. The Hall–Kier alpha value is -2.46. The third-order valence-corrected chi connectivity index (χ3v) is 7.89. The number of sulfonamides is 1. The molecule has 3 N–H and O–H groups in total. The van der Waals surface area contributed by atoms with E-state index in [1.165, 1.54) is 30.9 Å². The number of allylic oxidation sites excluding steroid dienone is 1. The van der Waals surface area contributed by atoms with Crippen LogP contribution in [0.4, 0.5) is 4.39 Å². The minimum atomic E-state index is -3.77. The first-order chi connectivity index (χ1) is 14.3. The molecule has 2 aromatic carbocycles. The number of hydrogen-bond acceptors (Lipinski definition) is 5. The number of halogens is 1. The number of nitrogens with two attached hydrogens (primary N) is 1. The fraction of sp³-hybridized carbons (Fsp3) is 0.0952. The highest BCUT2D eigenvalue weighted by atomic mass is 32.2. The van der Waals surface area contributed by atoms with E-state index in [1.54, 1.807) is 35.6 Å². The maximum Gasteiger partial charge on any atom is 0.238 e. The first-order valence-corrected chi connectivity index (χ1v) is 12.8. The number of hydrogen-bond donors (Lipinski definition) is 2. The fourth-order valence-electron chi connectivity index (χ4n) is 3.12. The van der Waals surface area contributed by atoms with E-state index < -0.39 is 15.8 Å². The highest BCUT2D eigenvalue weighted by molar-refractivity contribution is 8.13. The summed E-state index contributed by atoms with van der Waals surface area (Å²) < 4.78 is 46.0. The summed E-state index contributed by atoms with van der Waals surface area (Å²) in [6.07, 6.45) is 0. The van der Waals surface area contributed by atoms with Crippen molar-refractivity contribution in [2.45, 2.75) is 10.6 Å². The van der Waals surface area contributed by atoms with Gasteiger partial charge in [0.15, 0.2) is 11.6 Å². The van der Waals surface area contributed by atoms with Crippen LogP contribution in [0, 0.1) is 5.82 Å². The lowest BCUT2D eigenvalue weighted by Crippen LogP contribution is -2.11. The van der Waals surface area contributed by atoms with Gasteiger partial charge in [-0.1, -0.05) is 22.8 Å². The first-order valence-electron chi connectivity index (χ1n) is 8.89. The van der Waals surface area contributed by atoms with Crippen LogP contribution in [0.15, 0.2) is 64.2 Å². The van der Waals surface area contributed by atoms with Crippen LogP contribution >= 0.6 is 22.0 Å². The standard InChI is InChI=1S/C21H19FN2O3S3/c1-27-20-7-4-16(10-19(20)22)21-18(13-29(24-21)12-14-8-9-28-11-14)15-2-5-17(6-3-15)30(23,25)26/h2-11,13,24H,12H2,1H3,(H2,23,25,26). The van der Waals surface area contributed by atoms with Gasteiger partial charge in [-0.05, 0) is 63.7 Å². The Morgan fingerprint density at radius 1 is 1.13 bits per heavy atom. The molecule has 0 fully saturated rings. The normalized spacial score (nSPS) is 16.3. The van der Waals surface area contributed by atoms with E-state index in [2.05, 4.69) is 21.5 Å². The van der Waals surface area contributed by atoms with Gasteiger partial charge in [0.1, 0.15) is 0 Å². The lowest BCUT2D eigenvalue weighted by atomic mass is 10.0. The zero-order valence-corrected chi connectivity index (χ0v) is 18.4. The Kier molecular flexibility index (Phi) is 5.79. The Labute approximate surface area is 181 Å². The van der Waals surface area contributed by atoms with E-state index in [1.807, 2.05) is 5.38 Å². The summed E-state index contributed by atoms with van der Waals surface area (Å²) in [6.45, 7) is 0. The van der Waals surface area contributed by atoms with E-state index in [0.29, 0.717) is 5.56 Å². The molecule has 0 bridgehead atoms. The molecule has 1 aliphatic rings.